The Balaban J connectivity index is 1.60. The van der Waals surface area contributed by atoms with Crippen molar-refractivity contribution in [2.45, 2.75) is 6.42 Å². The Morgan fingerprint density at radius 3 is 2.51 bits per heavy atom. The van der Waals surface area contributed by atoms with E-state index in [9.17, 15) is 14.0 Å². The van der Waals surface area contributed by atoms with Crippen LogP contribution in [-0.2, 0) is 18.3 Å². The number of ether oxygens (including phenoxy) is 1. The van der Waals surface area contributed by atoms with Crippen LogP contribution < -0.4 is 15.4 Å². The Morgan fingerprint density at radius 2 is 1.71 bits per heavy atom. The second kappa shape index (κ2) is 10.7. The van der Waals surface area contributed by atoms with E-state index in [1.165, 1.54) is 18.2 Å². The number of amides is 2. The number of halogens is 1. The summed E-state index contributed by atoms with van der Waals surface area (Å²) in [5.41, 5.74) is 2.57. The Kier molecular flexibility index (Phi) is 7.26. The van der Waals surface area contributed by atoms with Crippen LogP contribution in [0.1, 0.15) is 21.5 Å². The highest BCUT2D eigenvalue weighted by atomic mass is 19.1. The van der Waals surface area contributed by atoms with Gasteiger partial charge in [-0.25, -0.2) is 4.39 Å². The monoisotopic (exact) mass is 471 g/mol. The molecule has 1 aromatic heterocycles. The number of nitrogens with zero attached hydrogens (tertiary/aromatic N) is 1. The van der Waals surface area contributed by atoms with E-state index < -0.39 is 17.6 Å². The molecule has 0 unspecified atom stereocenters. The summed E-state index contributed by atoms with van der Waals surface area (Å²) >= 11 is 0. The number of aryl methyl sites for hydroxylation is 1. The molecule has 0 bridgehead atoms. The Morgan fingerprint density at radius 1 is 1.00 bits per heavy atom. The van der Waals surface area contributed by atoms with Crippen molar-refractivity contribution >= 4 is 28.8 Å². The molecule has 0 fully saturated rings. The summed E-state index contributed by atoms with van der Waals surface area (Å²) in [5, 5.41) is 6.38. The van der Waals surface area contributed by atoms with Crippen molar-refractivity contribution in [2.24, 2.45) is 7.05 Å². The number of carbonyl (C=O) groups excluding carboxylic acids is 2. The zero-order valence-electron chi connectivity index (χ0n) is 19.5. The third kappa shape index (κ3) is 5.41. The first-order chi connectivity index (χ1) is 17.0. The van der Waals surface area contributed by atoms with Gasteiger partial charge in [0.25, 0.3) is 11.8 Å². The van der Waals surface area contributed by atoms with Gasteiger partial charge >= 0.3 is 0 Å². The lowest BCUT2D eigenvalue weighted by Crippen LogP contribution is -2.36. The second-order valence-electron chi connectivity index (χ2n) is 8.02. The van der Waals surface area contributed by atoms with Gasteiger partial charge in [0.15, 0.2) is 0 Å². The predicted octanol–water partition coefficient (Wildman–Crippen LogP) is 4.46. The summed E-state index contributed by atoms with van der Waals surface area (Å²) in [4.78, 5) is 26.0. The summed E-state index contributed by atoms with van der Waals surface area (Å²) in [7, 11) is 3.51. The third-order valence-corrected chi connectivity index (χ3v) is 5.71. The van der Waals surface area contributed by atoms with E-state index in [4.69, 9.17) is 4.74 Å². The van der Waals surface area contributed by atoms with Gasteiger partial charge in [0.1, 0.15) is 17.3 Å². The van der Waals surface area contributed by atoms with Gasteiger partial charge < -0.3 is 19.9 Å². The smallest absolute Gasteiger partial charge is 0.267 e. The first-order valence-electron chi connectivity index (χ1n) is 11.2. The molecule has 0 aliphatic carbocycles. The number of methoxy groups -OCH3 is 1. The normalized spacial score (nSPS) is 11.3. The average Bonchev–Trinajstić information content (AvgIpc) is 3.19. The lowest BCUT2D eigenvalue weighted by molar-refractivity contribution is -0.117. The quantitative estimate of drug-likeness (QED) is 0.373. The van der Waals surface area contributed by atoms with Gasteiger partial charge in [0.05, 0.1) is 12.7 Å². The number of fused-ring (bicyclic) bond motifs is 1. The largest absolute Gasteiger partial charge is 0.496 e. The number of carbonyl (C=O) groups is 2. The standard InChI is InChI=1S/C28H26FN3O3/c1-32-18-20(21-10-5-7-13-25(21)32)17-24(31-27(33)22-11-4-6-12-23(22)29)28(34)30-16-15-19-9-3-8-14-26(19)35-2/h3-14,17-18H,15-16H2,1-2H3,(H,30,34)(H,31,33)/b24-17-. The summed E-state index contributed by atoms with van der Waals surface area (Å²) in [6, 6.07) is 21.0. The van der Waals surface area contributed by atoms with Gasteiger partial charge in [0, 0.05) is 36.3 Å². The molecule has 0 radical (unpaired) electrons. The molecule has 0 aliphatic heterocycles. The number of benzene rings is 3. The van der Waals surface area contributed by atoms with Crippen LogP contribution in [-0.4, -0.2) is 30.0 Å². The second-order valence-corrected chi connectivity index (χ2v) is 8.02. The van der Waals surface area contributed by atoms with Crippen LogP contribution in [0.2, 0.25) is 0 Å². The minimum absolute atomic E-state index is 0.0228. The molecule has 0 saturated carbocycles. The summed E-state index contributed by atoms with van der Waals surface area (Å²) < 4.78 is 21.5. The molecule has 2 amide bonds. The molecule has 0 saturated heterocycles. The van der Waals surface area contributed by atoms with Crippen LogP contribution >= 0.6 is 0 Å². The third-order valence-electron chi connectivity index (χ3n) is 5.71. The lowest BCUT2D eigenvalue weighted by atomic mass is 10.1. The minimum atomic E-state index is -0.700. The SMILES string of the molecule is COc1ccccc1CCNC(=O)/C(=C/c1cn(C)c2ccccc12)NC(=O)c1ccccc1F. The van der Waals surface area contributed by atoms with E-state index in [-0.39, 0.29) is 11.3 Å². The molecule has 4 rings (SSSR count). The lowest BCUT2D eigenvalue weighted by Gasteiger charge is -2.12. The number of aromatic nitrogens is 1. The number of rotatable bonds is 8. The van der Waals surface area contributed by atoms with Gasteiger partial charge in [-0.1, -0.05) is 48.5 Å². The van der Waals surface area contributed by atoms with Crippen molar-refractivity contribution in [2.75, 3.05) is 13.7 Å². The molecule has 7 heteroatoms. The molecular formula is C28H26FN3O3. The molecular weight excluding hydrogens is 445 g/mol. The van der Waals surface area contributed by atoms with Crippen molar-refractivity contribution in [1.82, 2.24) is 15.2 Å². The highest BCUT2D eigenvalue weighted by Gasteiger charge is 2.18. The van der Waals surface area contributed by atoms with Gasteiger partial charge in [0.2, 0.25) is 0 Å². The predicted molar refractivity (Wildman–Crippen MR) is 134 cm³/mol. The maximum atomic E-state index is 14.2. The van der Waals surface area contributed by atoms with Crippen LogP contribution in [0.5, 0.6) is 5.75 Å². The molecule has 1 heterocycles. The molecule has 35 heavy (non-hydrogen) atoms. The highest BCUT2D eigenvalue weighted by Crippen LogP contribution is 2.23. The van der Waals surface area contributed by atoms with Crippen LogP contribution in [0.25, 0.3) is 17.0 Å². The van der Waals surface area contributed by atoms with Gasteiger partial charge in [-0.3, -0.25) is 9.59 Å². The minimum Gasteiger partial charge on any atom is -0.496 e. The summed E-state index contributed by atoms with van der Waals surface area (Å²) in [5.74, 6) is -1.10. The van der Waals surface area contributed by atoms with Crippen molar-refractivity contribution in [3.05, 3.63) is 107 Å². The van der Waals surface area contributed by atoms with Crippen molar-refractivity contribution in [3.63, 3.8) is 0 Å². The number of hydrogen-bond donors (Lipinski definition) is 2. The van der Waals surface area contributed by atoms with Gasteiger partial charge in [-0.2, -0.15) is 0 Å². The van der Waals surface area contributed by atoms with Crippen molar-refractivity contribution in [1.29, 1.82) is 0 Å². The van der Waals surface area contributed by atoms with E-state index in [0.29, 0.717) is 13.0 Å². The van der Waals surface area contributed by atoms with E-state index in [1.54, 1.807) is 19.3 Å². The fourth-order valence-corrected chi connectivity index (χ4v) is 3.95. The molecule has 3 aromatic carbocycles. The van der Waals surface area contributed by atoms with Gasteiger partial charge in [-0.15, -0.1) is 0 Å². The molecule has 178 valence electrons. The Bertz CT molecular complexity index is 1410. The first-order valence-corrected chi connectivity index (χ1v) is 11.2. The summed E-state index contributed by atoms with van der Waals surface area (Å²) in [6.45, 7) is 0.321. The van der Waals surface area contributed by atoms with Crippen molar-refractivity contribution in [3.8, 4) is 5.75 Å². The van der Waals surface area contributed by atoms with Gasteiger partial charge in [-0.05, 0) is 42.3 Å². The zero-order chi connectivity index (χ0) is 24.8. The van der Waals surface area contributed by atoms with Crippen LogP contribution in [0, 0.1) is 5.82 Å². The van der Waals surface area contributed by atoms with Crippen LogP contribution in [0.3, 0.4) is 0 Å². The molecule has 2 N–H and O–H groups in total. The molecule has 0 atom stereocenters. The van der Waals surface area contributed by atoms with Crippen LogP contribution in [0.4, 0.5) is 4.39 Å². The summed E-state index contributed by atoms with van der Waals surface area (Å²) in [6.07, 6.45) is 4.03. The molecule has 4 aromatic rings. The van der Waals surface area contributed by atoms with Crippen LogP contribution in [0.15, 0.2) is 84.7 Å². The van der Waals surface area contributed by atoms with Crippen molar-refractivity contribution < 1.29 is 18.7 Å². The molecule has 6 nitrogen and oxygen atoms in total. The fraction of sp³-hybridized carbons (Fsp3) is 0.143. The fourth-order valence-electron chi connectivity index (χ4n) is 3.95. The highest BCUT2D eigenvalue weighted by molar-refractivity contribution is 6.06. The number of para-hydroxylation sites is 2. The Hall–Kier alpha value is -4.39. The average molecular weight is 472 g/mol. The first kappa shape index (κ1) is 23.8. The molecule has 0 aliphatic rings. The maximum Gasteiger partial charge on any atom is 0.267 e. The van der Waals surface area contributed by atoms with E-state index in [1.807, 2.05) is 66.3 Å². The molecule has 0 spiro atoms. The maximum absolute atomic E-state index is 14.2. The number of nitrogens with one attached hydrogen (secondary N) is 2. The van der Waals surface area contributed by atoms with E-state index >= 15 is 0 Å². The number of hydrogen-bond acceptors (Lipinski definition) is 3. The van der Waals surface area contributed by atoms with E-state index in [2.05, 4.69) is 10.6 Å². The zero-order valence-corrected chi connectivity index (χ0v) is 19.5. The Labute approximate surface area is 203 Å². The topological polar surface area (TPSA) is 72.4 Å². The van der Waals surface area contributed by atoms with E-state index in [0.717, 1.165) is 27.8 Å².